The third-order valence-electron chi connectivity index (χ3n) is 3.48. The number of nitro groups is 1. The fraction of sp³-hybridized carbons (Fsp3) is 0.462. The van der Waals surface area contributed by atoms with Crippen LogP contribution in [0.2, 0.25) is 0 Å². The number of nitrogens with one attached hydrogen (secondary N) is 1. The quantitative estimate of drug-likeness (QED) is 0.655. The minimum atomic E-state index is -0.484. The molecule has 5 heteroatoms. The van der Waals surface area contributed by atoms with Gasteiger partial charge in [0.2, 0.25) is 0 Å². The van der Waals surface area contributed by atoms with E-state index >= 15 is 0 Å². The van der Waals surface area contributed by atoms with E-state index in [1.807, 2.05) is 6.07 Å². The molecule has 1 aromatic rings. The van der Waals surface area contributed by atoms with E-state index in [0.29, 0.717) is 11.3 Å². The third kappa shape index (κ3) is 2.43. The molecule has 0 heterocycles. The zero-order valence-corrected chi connectivity index (χ0v) is 10.3. The molecule has 0 spiro atoms. The van der Waals surface area contributed by atoms with E-state index < -0.39 is 4.92 Å². The van der Waals surface area contributed by atoms with Gasteiger partial charge in [-0.3, -0.25) is 10.1 Å². The molecule has 1 aliphatic carbocycles. The van der Waals surface area contributed by atoms with E-state index in [2.05, 4.69) is 12.2 Å². The second-order valence-corrected chi connectivity index (χ2v) is 4.99. The Morgan fingerprint density at radius 3 is 2.67 bits per heavy atom. The Kier molecular flexibility index (Phi) is 3.19. The summed E-state index contributed by atoms with van der Waals surface area (Å²) in [5.41, 5.74) is 0.973. The van der Waals surface area contributed by atoms with Gasteiger partial charge >= 0.3 is 0 Å². The second kappa shape index (κ2) is 4.65. The van der Waals surface area contributed by atoms with E-state index in [9.17, 15) is 10.1 Å². The first-order valence-corrected chi connectivity index (χ1v) is 6.01. The van der Waals surface area contributed by atoms with Crippen molar-refractivity contribution >= 4 is 11.4 Å². The molecule has 0 aliphatic heterocycles. The summed E-state index contributed by atoms with van der Waals surface area (Å²) < 4.78 is 0. The number of anilines is 1. The van der Waals surface area contributed by atoms with Crippen molar-refractivity contribution < 1.29 is 4.92 Å². The summed E-state index contributed by atoms with van der Waals surface area (Å²) in [6.45, 7) is 2.13. The van der Waals surface area contributed by atoms with Crippen LogP contribution in [0.15, 0.2) is 18.2 Å². The Morgan fingerprint density at radius 2 is 2.11 bits per heavy atom. The van der Waals surface area contributed by atoms with Crippen molar-refractivity contribution in [2.24, 2.45) is 0 Å². The Morgan fingerprint density at radius 1 is 1.44 bits per heavy atom. The summed E-state index contributed by atoms with van der Waals surface area (Å²) in [5, 5.41) is 23.1. The minimum absolute atomic E-state index is 0.00172. The summed E-state index contributed by atoms with van der Waals surface area (Å²) in [4.78, 5) is 10.2. The van der Waals surface area contributed by atoms with Crippen LogP contribution in [0.25, 0.3) is 0 Å². The van der Waals surface area contributed by atoms with Gasteiger partial charge in [-0.15, -0.1) is 0 Å². The average molecular weight is 245 g/mol. The number of nitriles is 1. The summed E-state index contributed by atoms with van der Waals surface area (Å²) >= 11 is 0. The summed E-state index contributed by atoms with van der Waals surface area (Å²) in [6.07, 6.45) is 4.49. The summed E-state index contributed by atoms with van der Waals surface area (Å²) in [5.74, 6) is 0. The Hall–Kier alpha value is -2.09. The van der Waals surface area contributed by atoms with Gasteiger partial charge in [-0.25, -0.2) is 0 Å². The molecule has 2 rings (SSSR count). The molecule has 0 radical (unpaired) electrons. The molecule has 1 N–H and O–H groups in total. The van der Waals surface area contributed by atoms with Crippen LogP contribution < -0.4 is 5.32 Å². The highest BCUT2D eigenvalue weighted by atomic mass is 16.6. The summed E-state index contributed by atoms with van der Waals surface area (Å²) in [6, 6.07) is 6.39. The maximum Gasteiger partial charge on any atom is 0.270 e. The molecule has 0 aromatic heterocycles. The first kappa shape index (κ1) is 12.4. The van der Waals surface area contributed by atoms with Crippen LogP contribution in [-0.2, 0) is 0 Å². The molecule has 0 amide bonds. The van der Waals surface area contributed by atoms with Crippen molar-refractivity contribution in [3.05, 3.63) is 33.9 Å². The van der Waals surface area contributed by atoms with Crippen LogP contribution in [0.3, 0.4) is 0 Å². The van der Waals surface area contributed by atoms with Crippen molar-refractivity contribution in [3.63, 3.8) is 0 Å². The van der Waals surface area contributed by atoms with E-state index in [-0.39, 0.29) is 11.2 Å². The highest BCUT2D eigenvalue weighted by molar-refractivity contribution is 5.62. The van der Waals surface area contributed by atoms with Gasteiger partial charge in [0, 0.05) is 17.7 Å². The van der Waals surface area contributed by atoms with Gasteiger partial charge in [0.05, 0.1) is 16.2 Å². The first-order chi connectivity index (χ1) is 8.54. The molecule has 18 heavy (non-hydrogen) atoms. The van der Waals surface area contributed by atoms with Crippen LogP contribution in [0, 0.1) is 21.4 Å². The maximum absolute atomic E-state index is 10.7. The molecule has 94 valence electrons. The zero-order valence-electron chi connectivity index (χ0n) is 10.3. The number of non-ortho nitro benzene ring substituents is 1. The molecule has 0 bridgehead atoms. The van der Waals surface area contributed by atoms with E-state index in [0.717, 1.165) is 12.8 Å². The molecular weight excluding hydrogens is 230 g/mol. The van der Waals surface area contributed by atoms with Gasteiger partial charge in [0.15, 0.2) is 0 Å². The highest BCUT2D eigenvalue weighted by Gasteiger charge is 2.29. The normalized spacial score (nSPS) is 17.1. The first-order valence-electron chi connectivity index (χ1n) is 6.01. The maximum atomic E-state index is 10.7. The smallest absolute Gasteiger partial charge is 0.270 e. The molecular formula is C13H15N3O2. The fourth-order valence-corrected chi connectivity index (χ4v) is 2.45. The van der Waals surface area contributed by atoms with E-state index in [1.54, 1.807) is 6.07 Å². The predicted octanol–water partition coefficient (Wildman–Crippen LogP) is 3.21. The number of rotatable bonds is 3. The van der Waals surface area contributed by atoms with Crippen molar-refractivity contribution in [3.8, 4) is 6.07 Å². The predicted molar refractivity (Wildman–Crippen MR) is 68.3 cm³/mol. The van der Waals surface area contributed by atoms with Crippen molar-refractivity contribution in [2.75, 3.05) is 5.32 Å². The molecule has 0 unspecified atom stereocenters. The number of benzene rings is 1. The topological polar surface area (TPSA) is 79.0 Å². The molecule has 1 fully saturated rings. The van der Waals surface area contributed by atoms with Crippen LogP contribution in [0.5, 0.6) is 0 Å². The third-order valence-corrected chi connectivity index (χ3v) is 3.48. The Bertz CT molecular complexity index is 513. The molecule has 5 nitrogen and oxygen atoms in total. The summed E-state index contributed by atoms with van der Waals surface area (Å²) in [7, 11) is 0. The minimum Gasteiger partial charge on any atom is -0.379 e. The lowest BCUT2D eigenvalue weighted by atomic mass is 9.99. The Labute approximate surface area is 106 Å². The van der Waals surface area contributed by atoms with Crippen molar-refractivity contribution in [2.45, 2.75) is 38.1 Å². The number of hydrogen-bond donors (Lipinski definition) is 1. The van der Waals surface area contributed by atoms with Crippen LogP contribution in [-0.4, -0.2) is 10.5 Å². The largest absolute Gasteiger partial charge is 0.379 e. The van der Waals surface area contributed by atoms with Crippen molar-refractivity contribution in [1.29, 1.82) is 5.26 Å². The van der Waals surface area contributed by atoms with Crippen molar-refractivity contribution in [1.82, 2.24) is 0 Å². The van der Waals surface area contributed by atoms with Crippen LogP contribution in [0.1, 0.15) is 38.2 Å². The monoisotopic (exact) mass is 245 g/mol. The zero-order chi connectivity index (χ0) is 13.2. The SMILES string of the molecule is CC1(Nc2ccc([N+](=O)[O-])cc2C#N)CCCC1. The van der Waals surface area contributed by atoms with Crippen LogP contribution >= 0.6 is 0 Å². The highest BCUT2D eigenvalue weighted by Crippen LogP contribution is 2.34. The van der Waals surface area contributed by atoms with E-state index in [4.69, 9.17) is 5.26 Å². The fourth-order valence-electron chi connectivity index (χ4n) is 2.45. The molecule has 1 aromatic carbocycles. The molecule has 0 saturated heterocycles. The number of hydrogen-bond acceptors (Lipinski definition) is 4. The van der Waals surface area contributed by atoms with Gasteiger partial charge < -0.3 is 5.32 Å². The van der Waals surface area contributed by atoms with E-state index in [1.165, 1.54) is 25.0 Å². The molecule has 1 saturated carbocycles. The lowest BCUT2D eigenvalue weighted by Gasteiger charge is -2.27. The Balaban J connectivity index is 2.28. The second-order valence-electron chi connectivity index (χ2n) is 4.99. The number of nitro benzene ring substituents is 1. The molecule has 0 atom stereocenters. The van der Waals surface area contributed by atoms with Gasteiger partial charge in [0.25, 0.3) is 5.69 Å². The standard InChI is InChI=1S/C13H15N3O2/c1-13(6-2-3-7-13)15-12-5-4-11(16(17)18)8-10(12)9-14/h4-5,8,15H,2-3,6-7H2,1H3. The lowest BCUT2D eigenvalue weighted by molar-refractivity contribution is -0.384. The van der Waals surface area contributed by atoms with Crippen LogP contribution in [0.4, 0.5) is 11.4 Å². The molecule has 1 aliphatic rings. The van der Waals surface area contributed by atoms with Gasteiger partial charge in [-0.05, 0) is 25.8 Å². The van der Waals surface area contributed by atoms with Gasteiger partial charge in [0.1, 0.15) is 6.07 Å². The average Bonchev–Trinajstić information content (AvgIpc) is 2.76. The number of nitrogens with zero attached hydrogens (tertiary/aromatic N) is 2. The van der Waals surface area contributed by atoms with Gasteiger partial charge in [-0.1, -0.05) is 12.8 Å². The lowest BCUT2D eigenvalue weighted by Crippen LogP contribution is -2.31. The van der Waals surface area contributed by atoms with Gasteiger partial charge in [-0.2, -0.15) is 5.26 Å².